The van der Waals surface area contributed by atoms with Crippen LogP contribution in [0.5, 0.6) is 0 Å². The van der Waals surface area contributed by atoms with E-state index in [1.54, 1.807) is 11.0 Å². The average Bonchev–Trinajstić information content (AvgIpc) is 3.25. The maximum atomic E-state index is 12.6. The molecule has 0 bridgehead atoms. The van der Waals surface area contributed by atoms with E-state index >= 15 is 0 Å². The van der Waals surface area contributed by atoms with Crippen LogP contribution in [0, 0.1) is 0 Å². The number of aryl methyl sites for hydroxylation is 1. The summed E-state index contributed by atoms with van der Waals surface area (Å²) in [6.07, 6.45) is 3.19. The van der Waals surface area contributed by atoms with Gasteiger partial charge < -0.3 is 9.88 Å². The van der Waals surface area contributed by atoms with Crippen molar-refractivity contribution >= 4 is 22.5 Å². The second-order valence-corrected chi connectivity index (χ2v) is 5.89. The van der Waals surface area contributed by atoms with Crippen LogP contribution in [0.3, 0.4) is 0 Å². The van der Waals surface area contributed by atoms with Gasteiger partial charge in [0, 0.05) is 23.6 Å². The van der Waals surface area contributed by atoms with E-state index < -0.39 is 0 Å². The van der Waals surface area contributed by atoms with Gasteiger partial charge in [0.2, 0.25) is 0 Å². The number of carbonyl (C=O) groups excluding carboxylic acids is 1. The molecule has 0 aliphatic carbocycles. The van der Waals surface area contributed by atoms with Crippen molar-refractivity contribution in [3.63, 3.8) is 0 Å². The minimum absolute atomic E-state index is 0.122. The number of nitrogens with one attached hydrogen (secondary N) is 1. The normalized spacial score (nSPS) is 10.9. The van der Waals surface area contributed by atoms with Crippen molar-refractivity contribution in [1.82, 2.24) is 19.3 Å². The van der Waals surface area contributed by atoms with Gasteiger partial charge in [0.15, 0.2) is 0 Å². The molecule has 2 heterocycles. The monoisotopic (exact) mass is 331 g/mol. The molecule has 4 rings (SSSR count). The number of benzene rings is 2. The number of aromatic nitrogens is 4. The van der Waals surface area contributed by atoms with Gasteiger partial charge in [-0.05, 0) is 29.8 Å². The molecule has 6 heteroatoms. The average molecular weight is 331 g/mol. The van der Waals surface area contributed by atoms with Gasteiger partial charge in [-0.15, -0.1) is 0 Å². The molecule has 2 aromatic carbocycles. The molecule has 0 radical (unpaired) electrons. The SMILES string of the molecule is Cn1c(C(=O)Nc2ccc(Cn3cncn3)cc2)cc2ccccc21. The minimum Gasteiger partial charge on any atom is -0.340 e. The van der Waals surface area contributed by atoms with E-state index in [1.807, 2.05) is 66.2 Å². The first-order chi connectivity index (χ1) is 12.2. The van der Waals surface area contributed by atoms with Crippen LogP contribution in [0.4, 0.5) is 5.69 Å². The van der Waals surface area contributed by atoms with Gasteiger partial charge >= 0.3 is 0 Å². The second-order valence-electron chi connectivity index (χ2n) is 5.89. The van der Waals surface area contributed by atoms with Crippen LogP contribution < -0.4 is 5.32 Å². The maximum absolute atomic E-state index is 12.6. The number of fused-ring (bicyclic) bond motifs is 1. The van der Waals surface area contributed by atoms with Gasteiger partial charge in [-0.2, -0.15) is 5.10 Å². The van der Waals surface area contributed by atoms with Gasteiger partial charge in [-0.3, -0.25) is 4.79 Å². The Balaban J connectivity index is 1.51. The van der Waals surface area contributed by atoms with E-state index in [-0.39, 0.29) is 5.91 Å². The highest BCUT2D eigenvalue weighted by Crippen LogP contribution is 2.19. The standard InChI is InChI=1S/C19H17N5O/c1-23-17-5-3-2-4-15(17)10-18(23)19(25)22-16-8-6-14(7-9-16)11-24-13-20-12-21-24/h2-10,12-13H,11H2,1H3,(H,22,25). The Hall–Kier alpha value is -3.41. The zero-order valence-electron chi connectivity index (χ0n) is 13.8. The Morgan fingerprint density at radius 3 is 2.64 bits per heavy atom. The summed E-state index contributed by atoms with van der Waals surface area (Å²) in [5.74, 6) is -0.122. The van der Waals surface area contributed by atoms with Crippen molar-refractivity contribution in [3.8, 4) is 0 Å². The molecule has 2 aromatic heterocycles. The van der Waals surface area contributed by atoms with Crippen molar-refractivity contribution in [1.29, 1.82) is 0 Å². The number of anilines is 1. The quantitative estimate of drug-likeness (QED) is 0.625. The summed E-state index contributed by atoms with van der Waals surface area (Å²) in [5.41, 5.74) is 3.52. The van der Waals surface area contributed by atoms with Crippen LogP contribution in [0.15, 0.2) is 67.3 Å². The lowest BCUT2D eigenvalue weighted by atomic mass is 10.2. The Morgan fingerprint density at radius 2 is 1.92 bits per heavy atom. The number of para-hydroxylation sites is 1. The topological polar surface area (TPSA) is 64.7 Å². The van der Waals surface area contributed by atoms with Crippen molar-refractivity contribution in [2.75, 3.05) is 5.32 Å². The number of hydrogen-bond donors (Lipinski definition) is 1. The summed E-state index contributed by atoms with van der Waals surface area (Å²) >= 11 is 0. The fourth-order valence-electron chi connectivity index (χ4n) is 2.90. The molecule has 1 N–H and O–H groups in total. The van der Waals surface area contributed by atoms with E-state index in [2.05, 4.69) is 15.4 Å². The highest BCUT2D eigenvalue weighted by Gasteiger charge is 2.13. The van der Waals surface area contributed by atoms with Crippen LogP contribution in [0.25, 0.3) is 10.9 Å². The highest BCUT2D eigenvalue weighted by molar-refractivity contribution is 6.06. The van der Waals surface area contributed by atoms with Crippen molar-refractivity contribution in [2.24, 2.45) is 7.05 Å². The number of hydrogen-bond acceptors (Lipinski definition) is 3. The van der Waals surface area contributed by atoms with Gasteiger partial charge in [-0.1, -0.05) is 30.3 Å². The first-order valence-corrected chi connectivity index (χ1v) is 7.98. The van der Waals surface area contributed by atoms with Crippen molar-refractivity contribution < 1.29 is 4.79 Å². The molecule has 0 unspecified atom stereocenters. The zero-order chi connectivity index (χ0) is 17.2. The third kappa shape index (κ3) is 3.01. The van der Waals surface area contributed by atoms with Gasteiger partial charge in [0.1, 0.15) is 18.3 Å². The molecule has 0 saturated heterocycles. The van der Waals surface area contributed by atoms with Crippen LogP contribution in [-0.2, 0) is 13.6 Å². The summed E-state index contributed by atoms with van der Waals surface area (Å²) in [6.45, 7) is 0.650. The smallest absolute Gasteiger partial charge is 0.272 e. The van der Waals surface area contributed by atoms with E-state index in [1.165, 1.54) is 6.33 Å². The summed E-state index contributed by atoms with van der Waals surface area (Å²) in [6, 6.07) is 17.6. The van der Waals surface area contributed by atoms with Crippen molar-refractivity contribution in [2.45, 2.75) is 6.54 Å². The second kappa shape index (κ2) is 6.24. The maximum Gasteiger partial charge on any atom is 0.272 e. The number of rotatable bonds is 4. The van der Waals surface area contributed by atoms with E-state index in [0.29, 0.717) is 12.2 Å². The van der Waals surface area contributed by atoms with Crippen LogP contribution in [0.1, 0.15) is 16.1 Å². The third-order valence-corrected chi connectivity index (χ3v) is 4.21. The number of carbonyl (C=O) groups is 1. The molecule has 0 aliphatic rings. The Labute approximate surface area is 144 Å². The molecule has 0 atom stereocenters. The van der Waals surface area contributed by atoms with Gasteiger partial charge in [-0.25, -0.2) is 9.67 Å². The predicted molar refractivity (Wildman–Crippen MR) is 96.4 cm³/mol. The van der Waals surface area contributed by atoms with Crippen LogP contribution in [-0.4, -0.2) is 25.2 Å². The molecule has 25 heavy (non-hydrogen) atoms. The molecule has 0 spiro atoms. The fourth-order valence-corrected chi connectivity index (χ4v) is 2.90. The molecule has 0 fully saturated rings. The van der Waals surface area contributed by atoms with E-state index in [4.69, 9.17) is 0 Å². The Morgan fingerprint density at radius 1 is 1.12 bits per heavy atom. The molecular weight excluding hydrogens is 314 g/mol. The minimum atomic E-state index is -0.122. The molecule has 6 nitrogen and oxygen atoms in total. The first kappa shape index (κ1) is 15.1. The lowest BCUT2D eigenvalue weighted by molar-refractivity contribution is 0.102. The number of nitrogens with zero attached hydrogens (tertiary/aromatic N) is 4. The Kier molecular flexibility index (Phi) is 3.78. The van der Waals surface area contributed by atoms with E-state index in [0.717, 1.165) is 22.2 Å². The zero-order valence-corrected chi connectivity index (χ0v) is 13.8. The lowest BCUT2D eigenvalue weighted by Crippen LogP contribution is -2.15. The van der Waals surface area contributed by atoms with Gasteiger partial charge in [0.05, 0.1) is 6.54 Å². The molecule has 124 valence electrons. The summed E-state index contributed by atoms with van der Waals surface area (Å²) in [5, 5.41) is 8.09. The lowest BCUT2D eigenvalue weighted by Gasteiger charge is -2.08. The molecule has 1 amide bonds. The van der Waals surface area contributed by atoms with E-state index in [9.17, 15) is 4.79 Å². The molecule has 4 aromatic rings. The van der Waals surface area contributed by atoms with Crippen molar-refractivity contribution in [3.05, 3.63) is 78.5 Å². The highest BCUT2D eigenvalue weighted by atomic mass is 16.1. The molecular formula is C19H17N5O. The third-order valence-electron chi connectivity index (χ3n) is 4.21. The van der Waals surface area contributed by atoms with Crippen LogP contribution >= 0.6 is 0 Å². The summed E-state index contributed by atoms with van der Waals surface area (Å²) in [7, 11) is 1.90. The Bertz CT molecular complexity index is 1020. The number of amides is 1. The summed E-state index contributed by atoms with van der Waals surface area (Å²) < 4.78 is 3.66. The fraction of sp³-hybridized carbons (Fsp3) is 0.105. The largest absolute Gasteiger partial charge is 0.340 e. The van der Waals surface area contributed by atoms with Crippen LogP contribution in [0.2, 0.25) is 0 Å². The molecule has 0 saturated carbocycles. The predicted octanol–water partition coefficient (Wildman–Crippen LogP) is 3.07. The molecule has 0 aliphatic heterocycles. The van der Waals surface area contributed by atoms with Gasteiger partial charge in [0.25, 0.3) is 5.91 Å². The summed E-state index contributed by atoms with van der Waals surface area (Å²) in [4.78, 5) is 16.5. The first-order valence-electron chi connectivity index (χ1n) is 7.98.